The van der Waals surface area contributed by atoms with Gasteiger partial charge in [0.1, 0.15) is 11.3 Å². The highest BCUT2D eigenvalue weighted by Gasteiger charge is 2.50. The van der Waals surface area contributed by atoms with Crippen LogP contribution in [0.2, 0.25) is 0 Å². The Bertz CT molecular complexity index is 1350. The summed E-state index contributed by atoms with van der Waals surface area (Å²) >= 11 is 0. The molecular formula is C24H18N4O6. The highest BCUT2D eigenvalue weighted by Crippen LogP contribution is 2.29. The minimum Gasteiger partial charge on any atom is -0.467 e. The summed E-state index contributed by atoms with van der Waals surface area (Å²) in [7, 11) is 0. The average Bonchev–Trinajstić information content (AvgIpc) is 3.50. The predicted octanol–water partition coefficient (Wildman–Crippen LogP) is 2.19. The number of benzene rings is 2. The van der Waals surface area contributed by atoms with Crippen molar-refractivity contribution < 1.29 is 28.4 Å². The van der Waals surface area contributed by atoms with Crippen LogP contribution in [0.1, 0.15) is 49.3 Å². The first kappa shape index (κ1) is 21.1. The lowest BCUT2D eigenvalue weighted by atomic mass is 9.92. The van der Waals surface area contributed by atoms with E-state index in [0.29, 0.717) is 16.3 Å². The molecule has 170 valence electrons. The lowest BCUT2D eigenvalue weighted by Crippen LogP contribution is -2.47. The minimum absolute atomic E-state index is 0.00802. The number of hydrazine groups is 1. The van der Waals surface area contributed by atoms with Gasteiger partial charge in [-0.3, -0.25) is 29.5 Å². The molecule has 2 aliphatic rings. The number of urea groups is 1. The standard InChI is InChI=1S/C24H18N4O6/c1-24(15-6-3-2-4-7-15)22(32)28(23(33)25-24)26-19(29)14-9-10-17-18(12-14)21(31)27(20(17)30)13-16-8-5-11-34-16/h2-12H,13H2,1H3,(H,25,33)(H,26,29)/t24-/m0/s1. The second-order valence-corrected chi connectivity index (χ2v) is 8.04. The Morgan fingerprint density at radius 3 is 2.41 bits per heavy atom. The third kappa shape index (κ3) is 3.24. The molecule has 34 heavy (non-hydrogen) atoms. The summed E-state index contributed by atoms with van der Waals surface area (Å²) in [6.07, 6.45) is 1.44. The Hall–Kier alpha value is -4.73. The van der Waals surface area contributed by atoms with E-state index < -0.39 is 35.2 Å². The van der Waals surface area contributed by atoms with E-state index in [0.717, 1.165) is 4.90 Å². The predicted molar refractivity (Wildman–Crippen MR) is 116 cm³/mol. The third-order valence-electron chi connectivity index (χ3n) is 5.88. The van der Waals surface area contributed by atoms with E-state index in [1.807, 2.05) is 0 Å². The molecule has 0 unspecified atom stereocenters. The van der Waals surface area contributed by atoms with Crippen molar-refractivity contribution in [1.82, 2.24) is 20.7 Å². The van der Waals surface area contributed by atoms with Gasteiger partial charge in [-0.15, -0.1) is 0 Å². The summed E-state index contributed by atoms with van der Waals surface area (Å²) in [5.41, 5.74) is 1.71. The van der Waals surface area contributed by atoms with Crippen LogP contribution in [0.25, 0.3) is 0 Å². The average molecular weight is 458 g/mol. The van der Waals surface area contributed by atoms with Crippen LogP contribution in [0, 0.1) is 0 Å². The molecule has 10 nitrogen and oxygen atoms in total. The summed E-state index contributed by atoms with van der Waals surface area (Å²) in [5.74, 6) is -2.08. The molecule has 3 heterocycles. The van der Waals surface area contributed by atoms with Crippen LogP contribution < -0.4 is 10.7 Å². The fourth-order valence-corrected chi connectivity index (χ4v) is 4.01. The fourth-order valence-electron chi connectivity index (χ4n) is 4.01. The Balaban J connectivity index is 1.36. The van der Waals surface area contributed by atoms with E-state index in [-0.39, 0.29) is 23.2 Å². The van der Waals surface area contributed by atoms with Crippen molar-refractivity contribution in [2.45, 2.75) is 19.0 Å². The Morgan fingerprint density at radius 2 is 1.71 bits per heavy atom. The summed E-state index contributed by atoms with van der Waals surface area (Å²) < 4.78 is 5.21. The number of nitrogens with one attached hydrogen (secondary N) is 2. The first-order valence-electron chi connectivity index (χ1n) is 10.4. The van der Waals surface area contributed by atoms with Crippen molar-refractivity contribution in [1.29, 1.82) is 0 Å². The normalized spacial score (nSPS) is 19.4. The molecule has 3 aromatic rings. The Kier molecular flexibility index (Phi) is 4.78. The van der Waals surface area contributed by atoms with Gasteiger partial charge in [-0.25, -0.2) is 4.79 Å². The topological polar surface area (TPSA) is 129 Å². The van der Waals surface area contributed by atoms with E-state index >= 15 is 0 Å². The van der Waals surface area contributed by atoms with Gasteiger partial charge in [-0.1, -0.05) is 30.3 Å². The summed E-state index contributed by atoms with van der Waals surface area (Å²) in [4.78, 5) is 64.8. The van der Waals surface area contributed by atoms with Crippen molar-refractivity contribution in [3.05, 3.63) is 94.9 Å². The van der Waals surface area contributed by atoms with Crippen molar-refractivity contribution in [3.8, 4) is 0 Å². The molecule has 1 saturated heterocycles. The van der Waals surface area contributed by atoms with Crippen molar-refractivity contribution in [2.75, 3.05) is 0 Å². The van der Waals surface area contributed by atoms with Crippen LogP contribution in [0.15, 0.2) is 71.3 Å². The number of carbonyl (C=O) groups excluding carboxylic acids is 5. The molecule has 1 atom stereocenters. The van der Waals surface area contributed by atoms with E-state index in [1.165, 1.54) is 24.5 Å². The number of fused-ring (bicyclic) bond motifs is 1. The quantitative estimate of drug-likeness (QED) is 0.445. The van der Waals surface area contributed by atoms with Crippen LogP contribution in [-0.2, 0) is 16.9 Å². The van der Waals surface area contributed by atoms with E-state index in [1.54, 1.807) is 49.4 Å². The van der Waals surface area contributed by atoms with E-state index in [4.69, 9.17) is 4.42 Å². The van der Waals surface area contributed by atoms with Crippen LogP contribution in [0.4, 0.5) is 4.79 Å². The van der Waals surface area contributed by atoms with Gasteiger partial charge >= 0.3 is 6.03 Å². The minimum atomic E-state index is -1.35. The molecule has 0 saturated carbocycles. The molecule has 5 rings (SSSR count). The van der Waals surface area contributed by atoms with Crippen LogP contribution >= 0.6 is 0 Å². The number of furan rings is 1. The smallest absolute Gasteiger partial charge is 0.344 e. The second kappa shape index (κ2) is 7.69. The monoisotopic (exact) mass is 458 g/mol. The van der Waals surface area contributed by atoms with Gasteiger partial charge in [-0.05, 0) is 42.8 Å². The second-order valence-electron chi connectivity index (χ2n) is 8.04. The van der Waals surface area contributed by atoms with Gasteiger partial charge in [0.15, 0.2) is 0 Å². The lowest BCUT2D eigenvalue weighted by molar-refractivity contribution is -0.132. The molecule has 1 aromatic heterocycles. The SMILES string of the molecule is C[C@@]1(c2ccccc2)NC(=O)N(NC(=O)c2ccc3c(c2)C(=O)N(Cc2ccco2)C3=O)C1=O. The Labute approximate surface area is 193 Å². The summed E-state index contributed by atoms with van der Waals surface area (Å²) in [6, 6.07) is 15.1. The third-order valence-corrected chi connectivity index (χ3v) is 5.88. The van der Waals surface area contributed by atoms with Gasteiger partial charge in [0.25, 0.3) is 23.6 Å². The maximum absolute atomic E-state index is 13.0. The molecule has 0 bridgehead atoms. The van der Waals surface area contributed by atoms with Gasteiger partial charge in [0, 0.05) is 5.56 Å². The number of hydrogen-bond donors (Lipinski definition) is 2. The maximum Gasteiger partial charge on any atom is 0.344 e. The number of imide groups is 2. The highest BCUT2D eigenvalue weighted by atomic mass is 16.3. The molecule has 6 amide bonds. The molecule has 2 N–H and O–H groups in total. The fraction of sp³-hybridized carbons (Fsp3) is 0.125. The molecule has 10 heteroatoms. The zero-order valence-electron chi connectivity index (χ0n) is 17.9. The molecule has 0 aliphatic carbocycles. The van der Waals surface area contributed by atoms with Gasteiger partial charge in [-0.2, -0.15) is 5.01 Å². The van der Waals surface area contributed by atoms with Crippen molar-refractivity contribution in [3.63, 3.8) is 0 Å². The molecule has 1 fully saturated rings. The largest absolute Gasteiger partial charge is 0.467 e. The molecule has 2 aliphatic heterocycles. The van der Waals surface area contributed by atoms with Crippen LogP contribution in [0.3, 0.4) is 0 Å². The first-order chi connectivity index (χ1) is 16.3. The van der Waals surface area contributed by atoms with Crippen molar-refractivity contribution >= 4 is 29.7 Å². The van der Waals surface area contributed by atoms with E-state index in [9.17, 15) is 24.0 Å². The number of amides is 6. The maximum atomic E-state index is 13.0. The van der Waals surface area contributed by atoms with Gasteiger partial charge in [0.2, 0.25) is 0 Å². The molecular weight excluding hydrogens is 440 g/mol. The first-order valence-corrected chi connectivity index (χ1v) is 10.4. The van der Waals surface area contributed by atoms with Gasteiger partial charge < -0.3 is 9.73 Å². The molecule has 0 spiro atoms. The number of carbonyl (C=O) groups is 5. The van der Waals surface area contributed by atoms with E-state index in [2.05, 4.69) is 10.7 Å². The number of hydrogen-bond acceptors (Lipinski definition) is 6. The number of rotatable bonds is 5. The lowest BCUT2D eigenvalue weighted by Gasteiger charge is -2.22. The zero-order chi connectivity index (χ0) is 24.0. The zero-order valence-corrected chi connectivity index (χ0v) is 17.9. The van der Waals surface area contributed by atoms with Gasteiger partial charge in [0.05, 0.1) is 23.9 Å². The van der Waals surface area contributed by atoms with Crippen LogP contribution in [0.5, 0.6) is 0 Å². The molecule has 2 aromatic carbocycles. The van der Waals surface area contributed by atoms with Crippen molar-refractivity contribution in [2.24, 2.45) is 0 Å². The summed E-state index contributed by atoms with van der Waals surface area (Å²) in [5, 5.41) is 3.20. The molecule has 0 radical (unpaired) electrons. The Morgan fingerprint density at radius 1 is 0.971 bits per heavy atom. The highest BCUT2D eigenvalue weighted by molar-refractivity contribution is 6.22. The number of nitrogens with zero attached hydrogens (tertiary/aromatic N) is 2. The summed E-state index contributed by atoms with van der Waals surface area (Å²) in [6.45, 7) is 1.50. The van der Waals surface area contributed by atoms with Crippen LogP contribution in [-0.4, -0.2) is 39.6 Å².